The summed E-state index contributed by atoms with van der Waals surface area (Å²) in [5.41, 5.74) is 1.71. The predicted molar refractivity (Wildman–Crippen MR) is 109 cm³/mol. The van der Waals surface area contributed by atoms with Gasteiger partial charge in [0.05, 0.1) is 22.8 Å². The maximum absolute atomic E-state index is 13.1. The molecule has 2 amide bonds. The molecule has 28 heavy (non-hydrogen) atoms. The van der Waals surface area contributed by atoms with Crippen molar-refractivity contribution in [3.8, 4) is 10.7 Å². The highest BCUT2D eigenvalue weighted by atomic mass is 32.2. The number of carbonyl (C=O) groups excluding carboxylic acids is 1. The van der Waals surface area contributed by atoms with E-state index in [1.165, 1.54) is 11.3 Å². The van der Waals surface area contributed by atoms with Gasteiger partial charge in [0.25, 0.3) is 0 Å². The van der Waals surface area contributed by atoms with Crippen molar-refractivity contribution in [1.82, 2.24) is 15.5 Å². The zero-order valence-corrected chi connectivity index (χ0v) is 16.2. The van der Waals surface area contributed by atoms with Crippen LogP contribution < -0.4 is 10.2 Å². The number of hydrogen-bond acceptors (Lipinski definition) is 6. The quantitative estimate of drug-likeness (QED) is 0.499. The average Bonchev–Trinajstić information content (AvgIpc) is 3.42. The van der Waals surface area contributed by atoms with E-state index in [4.69, 9.17) is 4.52 Å². The largest absolute Gasteiger partial charge is 0.337 e. The van der Waals surface area contributed by atoms with Crippen LogP contribution in [0.25, 0.3) is 10.7 Å². The van der Waals surface area contributed by atoms with Gasteiger partial charge in [-0.15, -0.1) is 11.3 Å². The summed E-state index contributed by atoms with van der Waals surface area (Å²) < 4.78 is 5.27. The molecule has 2 aromatic carbocycles. The minimum Gasteiger partial charge on any atom is -0.337 e. The van der Waals surface area contributed by atoms with Crippen molar-refractivity contribution in [1.29, 1.82) is 0 Å². The number of nitrogens with zero attached hydrogens (tertiary/aromatic N) is 3. The molecule has 3 heterocycles. The number of nitrogens with one attached hydrogen (secondary N) is 1. The number of amides is 2. The van der Waals surface area contributed by atoms with Crippen molar-refractivity contribution in [3.63, 3.8) is 0 Å². The Morgan fingerprint density at radius 3 is 2.39 bits per heavy atom. The fourth-order valence-corrected chi connectivity index (χ4v) is 4.69. The van der Waals surface area contributed by atoms with Gasteiger partial charge < -0.3 is 9.84 Å². The van der Waals surface area contributed by atoms with Gasteiger partial charge in [0, 0.05) is 9.79 Å². The van der Waals surface area contributed by atoms with Crippen LogP contribution in [0.4, 0.5) is 16.2 Å². The number of hydrogen-bond donors (Lipinski definition) is 1. The van der Waals surface area contributed by atoms with Gasteiger partial charge in [-0.05, 0) is 35.7 Å². The monoisotopic (exact) mass is 406 g/mol. The molecule has 1 N–H and O–H groups in total. The van der Waals surface area contributed by atoms with Gasteiger partial charge in [0.15, 0.2) is 0 Å². The lowest BCUT2D eigenvalue weighted by Crippen LogP contribution is -2.37. The summed E-state index contributed by atoms with van der Waals surface area (Å²) >= 11 is 3.20. The van der Waals surface area contributed by atoms with Crippen LogP contribution in [-0.2, 0) is 6.54 Å². The van der Waals surface area contributed by atoms with Crippen LogP contribution >= 0.6 is 23.1 Å². The molecule has 0 aliphatic carbocycles. The summed E-state index contributed by atoms with van der Waals surface area (Å²) in [7, 11) is 0. The van der Waals surface area contributed by atoms with Crippen LogP contribution in [0.5, 0.6) is 0 Å². The fraction of sp³-hybridized carbons (Fsp3) is 0.0500. The molecule has 4 aromatic rings. The summed E-state index contributed by atoms with van der Waals surface area (Å²) in [4.78, 5) is 22.1. The molecule has 0 bridgehead atoms. The molecule has 2 aromatic heterocycles. The molecule has 0 unspecified atom stereocenters. The van der Waals surface area contributed by atoms with E-state index in [0.717, 1.165) is 26.0 Å². The molecule has 138 valence electrons. The molecular formula is C20H14N4O2S2. The van der Waals surface area contributed by atoms with E-state index in [0.29, 0.717) is 11.7 Å². The minimum atomic E-state index is -0.240. The SMILES string of the molecule is O=C(NCc1nc(-c2cccs2)no1)N1c2ccccc2Sc2ccccc21. The summed E-state index contributed by atoms with van der Waals surface area (Å²) in [6, 6.07) is 19.3. The van der Waals surface area contributed by atoms with Crippen LogP contribution in [0.2, 0.25) is 0 Å². The third-order valence-electron chi connectivity index (χ3n) is 4.24. The van der Waals surface area contributed by atoms with E-state index < -0.39 is 0 Å². The highest BCUT2D eigenvalue weighted by molar-refractivity contribution is 7.99. The topological polar surface area (TPSA) is 71.3 Å². The number of carbonyl (C=O) groups is 1. The number of urea groups is 1. The Bertz CT molecular complexity index is 1100. The van der Waals surface area contributed by atoms with E-state index in [2.05, 4.69) is 15.5 Å². The number of fused-ring (bicyclic) bond motifs is 2. The third-order valence-corrected chi connectivity index (χ3v) is 6.23. The first-order chi connectivity index (χ1) is 13.8. The molecule has 0 saturated heterocycles. The lowest BCUT2D eigenvalue weighted by atomic mass is 10.2. The Hall–Kier alpha value is -3.10. The van der Waals surface area contributed by atoms with Gasteiger partial charge in [0.2, 0.25) is 11.7 Å². The summed E-state index contributed by atoms with van der Waals surface area (Å²) in [5, 5.41) is 8.83. The Kier molecular flexibility index (Phi) is 4.34. The number of para-hydroxylation sites is 2. The molecule has 0 spiro atoms. The number of rotatable bonds is 3. The number of benzene rings is 2. The molecule has 1 aliphatic rings. The lowest BCUT2D eigenvalue weighted by molar-refractivity contribution is 0.246. The molecule has 0 fully saturated rings. The molecule has 6 nitrogen and oxygen atoms in total. The smallest absolute Gasteiger partial charge is 0.327 e. The van der Waals surface area contributed by atoms with Gasteiger partial charge in [0.1, 0.15) is 0 Å². The zero-order chi connectivity index (χ0) is 18.9. The lowest BCUT2D eigenvalue weighted by Gasteiger charge is -2.30. The maximum atomic E-state index is 13.1. The Morgan fingerprint density at radius 2 is 1.71 bits per heavy atom. The first kappa shape index (κ1) is 17.0. The van der Waals surface area contributed by atoms with Gasteiger partial charge >= 0.3 is 6.03 Å². The van der Waals surface area contributed by atoms with Crippen molar-refractivity contribution in [2.45, 2.75) is 16.3 Å². The summed E-state index contributed by atoms with van der Waals surface area (Å²) in [6.45, 7) is 0.158. The molecule has 5 rings (SSSR count). The first-order valence-electron chi connectivity index (χ1n) is 8.60. The van der Waals surface area contributed by atoms with E-state index in [9.17, 15) is 4.79 Å². The maximum Gasteiger partial charge on any atom is 0.327 e. The molecule has 0 saturated carbocycles. The molecule has 1 aliphatic heterocycles. The fourth-order valence-electron chi connectivity index (χ4n) is 2.99. The van der Waals surface area contributed by atoms with E-state index in [1.54, 1.807) is 16.7 Å². The highest BCUT2D eigenvalue weighted by Gasteiger charge is 2.28. The van der Waals surface area contributed by atoms with Gasteiger partial charge in [-0.1, -0.05) is 47.3 Å². The van der Waals surface area contributed by atoms with Gasteiger partial charge in [-0.25, -0.2) is 4.79 Å². The second kappa shape index (κ2) is 7.14. The summed E-state index contributed by atoms with van der Waals surface area (Å²) in [5.74, 6) is 0.897. The molecular weight excluding hydrogens is 392 g/mol. The normalized spacial score (nSPS) is 12.4. The minimum absolute atomic E-state index is 0.158. The third kappa shape index (κ3) is 3.06. The van der Waals surface area contributed by atoms with Crippen LogP contribution in [0, 0.1) is 0 Å². The Labute approximate surface area is 169 Å². The zero-order valence-electron chi connectivity index (χ0n) is 14.5. The van der Waals surface area contributed by atoms with Gasteiger partial charge in [-0.2, -0.15) is 4.98 Å². The van der Waals surface area contributed by atoms with Crippen LogP contribution in [0.1, 0.15) is 5.89 Å². The summed E-state index contributed by atoms with van der Waals surface area (Å²) in [6.07, 6.45) is 0. The molecule has 0 atom stereocenters. The predicted octanol–water partition coefficient (Wildman–Crippen LogP) is 5.31. The Balaban J connectivity index is 1.38. The van der Waals surface area contributed by atoms with Crippen LogP contribution in [-0.4, -0.2) is 16.2 Å². The number of anilines is 2. The van der Waals surface area contributed by atoms with Crippen molar-refractivity contribution >= 4 is 40.5 Å². The standard InChI is InChI=1S/C20H14N4O2S2/c25-20(21-12-18-22-19(23-26-18)17-10-5-11-27-17)24-13-6-1-3-8-15(13)28-16-9-4-2-7-14(16)24/h1-11H,12H2,(H,21,25). The van der Waals surface area contributed by atoms with Crippen molar-refractivity contribution < 1.29 is 9.32 Å². The van der Waals surface area contributed by atoms with Gasteiger partial charge in [-0.3, -0.25) is 4.90 Å². The van der Waals surface area contributed by atoms with Crippen molar-refractivity contribution in [2.24, 2.45) is 0 Å². The molecule has 0 radical (unpaired) electrons. The van der Waals surface area contributed by atoms with E-state index in [1.807, 2.05) is 66.0 Å². The second-order valence-corrected chi connectivity index (χ2v) is 8.05. The van der Waals surface area contributed by atoms with E-state index >= 15 is 0 Å². The average molecular weight is 406 g/mol. The number of aromatic nitrogens is 2. The van der Waals surface area contributed by atoms with Crippen molar-refractivity contribution in [3.05, 3.63) is 71.9 Å². The highest BCUT2D eigenvalue weighted by Crippen LogP contribution is 2.47. The Morgan fingerprint density at radius 1 is 1.00 bits per heavy atom. The number of thiophene rings is 1. The van der Waals surface area contributed by atoms with E-state index in [-0.39, 0.29) is 12.6 Å². The molecule has 8 heteroatoms. The first-order valence-corrected chi connectivity index (χ1v) is 10.3. The van der Waals surface area contributed by atoms with Crippen LogP contribution in [0.15, 0.2) is 80.4 Å². The second-order valence-electron chi connectivity index (χ2n) is 6.02. The van der Waals surface area contributed by atoms with Crippen LogP contribution in [0.3, 0.4) is 0 Å². The van der Waals surface area contributed by atoms with Crippen molar-refractivity contribution in [2.75, 3.05) is 4.90 Å².